The third-order valence-corrected chi connectivity index (χ3v) is 13.7. The van der Waals surface area contributed by atoms with E-state index in [1.807, 2.05) is 13.8 Å². The lowest BCUT2D eigenvalue weighted by atomic mass is 9.34. The van der Waals surface area contributed by atoms with Gasteiger partial charge in [-0.05, 0) is 113 Å². The Bertz CT molecular complexity index is 850. The molecule has 0 aromatic rings. The summed E-state index contributed by atoms with van der Waals surface area (Å²) >= 11 is 0. The van der Waals surface area contributed by atoms with E-state index in [-0.39, 0.29) is 22.5 Å². The molecule has 0 aromatic heterocycles. The van der Waals surface area contributed by atoms with Gasteiger partial charge >= 0.3 is 0 Å². The molecule has 4 nitrogen and oxygen atoms in total. The molecule has 1 unspecified atom stereocenters. The highest BCUT2D eigenvalue weighted by atomic mass is 16.6. The molecule has 194 valence electrons. The topological polar surface area (TPSA) is 58.9 Å². The zero-order valence-corrected chi connectivity index (χ0v) is 22.9. The number of hydrogen-bond acceptors (Lipinski definition) is 4. The molecule has 34 heavy (non-hydrogen) atoms. The normalized spacial score (nSPS) is 58.3. The largest absolute Gasteiger partial charge is 0.388 e. The van der Waals surface area contributed by atoms with Crippen molar-refractivity contribution in [3.05, 3.63) is 0 Å². The second-order valence-electron chi connectivity index (χ2n) is 15.4. The first kappa shape index (κ1) is 24.2. The number of aliphatic hydroxyl groups is 2. The number of ether oxygens (including phenoxy) is 2. The Kier molecular flexibility index (Phi) is 4.86. The second-order valence-corrected chi connectivity index (χ2v) is 15.4. The molecule has 7 aliphatic rings. The maximum absolute atomic E-state index is 11.4. The molecule has 10 atom stereocenters. The van der Waals surface area contributed by atoms with Gasteiger partial charge in [0.2, 0.25) is 0 Å². The van der Waals surface area contributed by atoms with E-state index in [4.69, 9.17) is 9.47 Å². The minimum Gasteiger partial charge on any atom is -0.388 e. The molecule has 4 heteroatoms. The van der Waals surface area contributed by atoms with E-state index in [1.165, 1.54) is 38.5 Å². The van der Waals surface area contributed by atoms with Crippen molar-refractivity contribution in [3.63, 3.8) is 0 Å². The summed E-state index contributed by atoms with van der Waals surface area (Å²) in [7, 11) is 0. The molecule has 7 rings (SSSR count). The molecule has 3 heterocycles. The van der Waals surface area contributed by atoms with Crippen LogP contribution in [-0.2, 0) is 9.47 Å². The maximum atomic E-state index is 11.4. The van der Waals surface area contributed by atoms with Crippen molar-refractivity contribution in [3.8, 4) is 0 Å². The van der Waals surface area contributed by atoms with Gasteiger partial charge in [-0.1, -0.05) is 27.7 Å². The van der Waals surface area contributed by atoms with Crippen LogP contribution in [0.5, 0.6) is 0 Å². The highest BCUT2D eigenvalue weighted by Crippen LogP contribution is 2.78. The van der Waals surface area contributed by atoms with Crippen LogP contribution in [0.25, 0.3) is 0 Å². The van der Waals surface area contributed by atoms with Gasteiger partial charge < -0.3 is 19.7 Å². The monoisotopic (exact) mass is 474 g/mol. The minimum absolute atomic E-state index is 0.0479. The van der Waals surface area contributed by atoms with Crippen LogP contribution in [0, 0.1) is 45.3 Å². The van der Waals surface area contributed by atoms with Gasteiger partial charge in [-0.15, -0.1) is 0 Å². The van der Waals surface area contributed by atoms with Crippen molar-refractivity contribution >= 4 is 0 Å². The lowest BCUT2D eigenvalue weighted by Gasteiger charge is -2.74. The van der Waals surface area contributed by atoms with Crippen molar-refractivity contribution in [2.45, 2.75) is 136 Å². The Morgan fingerprint density at radius 1 is 0.735 bits per heavy atom. The van der Waals surface area contributed by atoms with Crippen molar-refractivity contribution in [2.24, 2.45) is 45.3 Å². The molecule has 0 amide bonds. The SMILES string of the molecule is CC(C)(O)[C@@H]1CC[C@@](C)([C@H]2CC[C@]3(C)[C@@H]2CC[C@@H]2[C@]45CCC(O)(OC4)C(C)(C)[C@@H]5CC[C@]23C)O1. The zero-order valence-electron chi connectivity index (χ0n) is 22.9. The second kappa shape index (κ2) is 6.83. The van der Waals surface area contributed by atoms with Crippen molar-refractivity contribution in [2.75, 3.05) is 6.61 Å². The molecule has 2 bridgehead atoms. The van der Waals surface area contributed by atoms with Gasteiger partial charge in [0.1, 0.15) is 0 Å². The van der Waals surface area contributed by atoms with Gasteiger partial charge in [0.15, 0.2) is 5.79 Å². The molecule has 3 aliphatic heterocycles. The molecular weight excluding hydrogens is 424 g/mol. The number of rotatable bonds is 2. The first-order valence-corrected chi connectivity index (χ1v) is 14.4. The van der Waals surface area contributed by atoms with Crippen LogP contribution in [0.1, 0.15) is 113 Å². The van der Waals surface area contributed by atoms with Crippen molar-refractivity contribution < 1.29 is 19.7 Å². The van der Waals surface area contributed by atoms with E-state index < -0.39 is 11.4 Å². The minimum atomic E-state index is -0.932. The summed E-state index contributed by atoms with van der Waals surface area (Å²) in [6.45, 7) is 16.8. The lowest BCUT2D eigenvalue weighted by Crippen LogP contribution is -2.73. The fourth-order valence-electron chi connectivity index (χ4n) is 11.5. The maximum Gasteiger partial charge on any atom is 0.170 e. The van der Waals surface area contributed by atoms with E-state index in [9.17, 15) is 10.2 Å². The van der Waals surface area contributed by atoms with E-state index in [2.05, 4.69) is 34.6 Å². The van der Waals surface area contributed by atoms with E-state index in [0.717, 1.165) is 32.3 Å². The third kappa shape index (κ3) is 2.70. The summed E-state index contributed by atoms with van der Waals surface area (Å²) in [5.41, 5.74) is -0.168. The van der Waals surface area contributed by atoms with Crippen molar-refractivity contribution in [1.29, 1.82) is 0 Å². The Labute approximate surface area is 207 Å². The molecule has 2 N–H and O–H groups in total. The quantitative estimate of drug-likeness (QED) is 0.509. The van der Waals surface area contributed by atoms with Gasteiger partial charge in [-0.25, -0.2) is 0 Å². The average Bonchev–Trinajstić information content (AvgIpc) is 3.32. The van der Waals surface area contributed by atoms with Crippen LogP contribution in [0.15, 0.2) is 0 Å². The Morgan fingerprint density at radius 2 is 1.44 bits per heavy atom. The van der Waals surface area contributed by atoms with Gasteiger partial charge in [-0.2, -0.15) is 0 Å². The zero-order chi connectivity index (χ0) is 24.6. The van der Waals surface area contributed by atoms with Crippen LogP contribution < -0.4 is 0 Å². The fourth-order valence-corrected chi connectivity index (χ4v) is 11.5. The van der Waals surface area contributed by atoms with Crippen LogP contribution in [0.2, 0.25) is 0 Å². The molecule has 4 saturated carbocycles. The van der Waals surface area contributed by atoms with Gasteiger partial charge in [0.05, 0.1) is 23.9 Å². The molecule has 0 aromatic carbocycles. The van der Waals surface area contributed by atoms with Gasteiger partial charge in [0.25, 0.3) is 0 Å². The summed E-state index contributed by atoms with van der Waals surface area (Å²) in [5.74, 6) is 1.60. The summed E-state index contributed by atoms with van der Waals surface area (Å²) in [5, 5.41) is 22.0. The summed E-state index contributed by atoms with van der Waals surface area (Å²) in [6.07, 6.45) is 11.6. The predicted molar refractivity (Wildman–Crippen MR) is 133 cm³/mol. The first-order valence-electron chi connectivity index (χ1n) is 14.4. The van der Waals surface area contributed by atoms with Crippen LogP contribution in [0.4, 0.5) is 0 Å². The summed E-state index contributed by atoms with van der Waals surface area (Å²) < 4.78 is 13.1. The molecule has 0 radical (unpaired) electrons. The van der Waals surface area contributed by atoms with Gasteiger partial charge in [0, 0.05) is 17.3 Å². The van der Waals surface area contributed by atoms with Crippen LogP contribution in [-0.4, -0.2) is 39.9 Å². The first-order chi connectivity index (χ1) is 15.6. The Hall–Kier alpha value is -0.160. The molecule has 4 aliphatic carbocycles. The Morgan fingerprint density at radius 3 is 2.06 bits per heavy atom. The van der Waals surface area contributed by atoms with E-state index in [0.29, 0.717) is 34.5 Å². The fraction of sp³-hybridized carbons (Fsp3) is 1.00. The smallest absolute Gasteiger partial charge is 0.170 e. The standard InChI is InChI=1S/C30H50O4/c1-24(2)21-11-14-27(6)22(29(21)16-17-30(24,32)33-18-29)9-8-19-20(10-13-26(19,27)5)28(7)15-12-23(34-28)25(3,4)31/h19-23,31-32H,8-18H2,1-7H3/t19-,20+,21+,22+,23+,26-,27-,28+,29-,30?/m1/s1. The summed E-state index contributed by atoms with van der Waals surface area (Å²) in [4.78, 5) is 0. The third-order valence-electron chi connectivity index (χ3n) is 13.7. The molecular formula is C30H50O4. The predicted octanol–water partition coefficient (Wildman–Crippen LogP) is 6.08. The highest BCUT2D eigenvalue weighted by molar-refractivity contribution is 5.21. The highest BCUT2D eigenvalue weighted by Gasteiger charge is 2.75. The van der Waals surface area contributed by atoms with Crippen molar-refractivity contribution in [1.82, 2.24) is 0 Å². The lowest BCUT2D eigenvalue weighted by molar-refractivity contribution is -0.399. The number of fused-ring (bicyclic) bond motifs is 5. The molecule has 1 spiro atoms. The number of hydrogen-bond donors (Lipinski definition) is 2. The Balaban J connectivity index is 1.32. The van der Waals surface area contributed by atoms with E-state index in [1.54, 1.807) is 0 Å². The molecule has 3 saturated heterocycles. The van der Waals surface area contributed by atoms with Crippen LogP contribution >= 0.6 is 0 Å². The average molecular weight is 475 g/mol. The van der Waals surface area contributed by atoms with Crippen LogP contribution in [0.3, 0.4) is 0 Å². The van der Waals surface area contributed by atoms with E-state index >= 15 is 0 Å². The van der Waals surface area contributed by atoms with Gasteiger partial charge in [-0.3, -0.25) is 0 Å². The molecule has 7 fully saturated rings. The summed E-state index contributed by atoms with van der Waals surface area (Å²) in [6, 6.07) is 0.